The zero-order valence-corrected chi connectivity index (χ0v) is 10.5. The zero-order chi connectivity index (χ0) is 12.5. The largest absolute Gasteiger partial charge is 0.493 e. The summed E-state index contributed by atoms with van der Waals surface area (Å²) in [5.41, 5.74) is 2.54. The number of rotatable bonds is 3. The van der Waals surface area contributed by atoms with Gasteiger partial charge in [-0.2, -0.15) is 0 Å². The van der Waals surface area contributed by atoms with Gasteiger partial charge in [-0.3, -0.25) is 0 Å². The molecule has 2 heterocycles. The van der Waals surface area contributed by atoms with Gasteiger partial charge in [0.05, 0.1) is 14.2 Å². The Labute approximate surface area is 106 Å². The van der Waals surface area contributed by atoms with Crippen LogP contribution in [0.25, 0.3) is 0 Å². The zero-order valence-electron chi connectivity index (χ0n) is 10.5. The fourth-order valence-electron chi connectivity index (χ4n) is 2.51. The van der Waals surface area contributed by atoms with Gasteiger partial charge in [0.2, 0.25) is 0 Å². The van der Waals surface area contributed by atoms with E-state index in [1.54, 1.807) is 14.2 Å². The molecule has 0 amide bonds. The highest BCUT2D eigenvalue weighted by atomic mass is 16.5. The molecule has 0 saturated carbocycles. The molecule has 1 unspecified atom stereocenters. The molecule has 0 saturated heterocycles. The SMILES string of the molecule is COc1ccc(C2CNc3[nH]ccc32)cc1OC. The van der Waals surface area contributed by atoms with E-state index in [-0.39, 0.29) is 0 Å². The second kappa shape index (κ2) is 4.29. The number of fused-ring (bicyclic) bond motifs is 1. The van der Waals surface area contributed by atoms with Crippen molar-refractivity contribution in [3.8, 4) is 11.5 Å². The topological polar surface area (TPSA) is 46.3 Å². The number of methoxy groups -OCH3 is 2. The van der Waals surface area contributed by atoms with Crippen molar-refractivity contribution in [3.05, 3.63) is 41.6 Å². The summed E-state index contributed by atoms with van der Waals surface area (Å²) in [6.07, 6.45) is 1.96. The predicted octanol–water partition coefficient (Wildman–Crippen LogP) is 2.59. The molecule has 1 aliphatic rings. The molecule has 0 spiro atoms. The summed E-state index contributed by atoms with van der Waals surface area (Å²) >= 11 is 0. The highest BCUT2D eigenvalue weighted by Gasteiger charge is 2.25. The van der Waals surface area contributed by atoms with Crippen molar-refractivity contribution in [1.29, 1.82) is 0 Å². The lowest BCUT2D eigenvalue weighted by molar-refractivity contribution is 0.354. The third-order valence-corrected chi connectivity index (χ3v) is 3.45. The average molecular weight is 244 g/mol. The third-order valence-electron chi connectivity index (χ3n) is 3.45. The molecule has 2 N–H and O–H groups in total. The lowest BCUT2D eigenvalue weighted by Gasteiger charge is -2.13. The monoisotopic (exact) mass is 244 g/mol. The highest BCUT2D eigenvalue weighted by molar-refractivity contribution is 5.58. The van der Waals surface area contributed by atoms with E-state index in [4.69, 9.17) is 9.47 Å². The standard InChI is InChI=1S/C14H16N2O2/c1-17-12-4-3-9(7-13(12)18-2)11-8-16-14-10(11)5-6-15-14/h3-7,11,15-16H,8H2,1-2H3. The Bertz CT molecular complexity index is 563. The normalized spacial score (nSPS) is 17.1. The number of hydrogen-bond donors (Lipinski definition) is 2. The van der Waals surface area contributed by atoms with E-state index in [1.807, 2.05) is 18.3 Å². The van der Waals surface area contributed by atoms with E-state index in [0.29, 0.717) is 5.92 Å². The second-order valence-corrected chi connectivity index (χ2v) is 4.36. The molecule has 0 bridgehead atoms. The van der Waals surface area contributed by atoms with Crippen LogP contribution in [0.2, 0.25) is 0 Å². The molecule has 1 aromatic carbocycles. The summed E-state index contributed by atoms with van der Waals surface area (Å²) in [6.45, 7) is 0.914. The van der Waals surface area contributed by atoms with Gasteiger partial charge >= 0.3 is 0 Å². The summed E-state index contributed by atoms with van der Waals surface area (Å²) in [4.78, 5) is 3.20. The molecule has 1 aliphatic heterocycles. The summed E-state index contributed by atoms with van der Waals surface area (Å²) in [7, 11) is 3.31. The number of H-pyrrole nitrogens is 1. The van der Waals surface area contributed by atoms with Crippen LogP contribution in [-0.4, -0.2) is 25.7 Å². The van der Waals surface area contributed by atoms with Crippen molar-refractivity contribution < 1.29 is 9.47 Å². The molecule has 0 radical (unpaired) electrons. The lowest BCUT2D eigenvalue weighted by Crippen LogP contribution is -2.04. The number of anilines is 1. The lowest BCUT2D eigenvalue weighted by atomic mass is 9.95. The molecule has 4 heteroatoms. The molecular weight excluding hydrogens is 228 g/mol. The minimum absolute atomic E-state index is 0.367. The van der Waals surface area contributed by atoms with E-state index in [9.17, 15) is 0 Å². The molecule has 18 heavy (non-hydrogen) atoms. The Morgan fingerprint density at radius 1 is 1.11 bits per heavy atom. The van der Waals surface area contributed by atoms with Gasteiger partial charge in [0.1, 0.15) is 5.82 Å². The molecule has 3 rings (SSSR count). The summed E-state index contributed by atoms with van der Waals surface area (Å²) in [5, 5.41) is 3.37. The Hall–Kier alpha value is -2.10. The molecule has 0 aliphatic carbocycles. The van der Waals surface area contributed by atoms with Gasteiger partial charge in [0.15, 0.2) is 11.5 Å². The summed E-state index contributed by atoms with van der Waals surface area (Å²) < 4.78 is 10.6. The third kappa shape index (κ3) is 1.61. The van der Waals surface area contributed by atoms with Crippen LogP contribution in [-0.2, 0) is 0 Å². The molecule has 2 aromatic rings. The van der Waals surface area contributed by atoms with Gasteiger partial charge in [0, 0.05) is 24.2 Å². The van der Waals surface area contributed by atoms with Crippen LogP contribution in [0.1, 0.15) is 17.0 Å². The second-order valence-electron chi connectivity index (χ2n) is 4.36. The fourth-order valence-corrected chi connectivity index (χ4v) is 2.51. The van der Waals surface area contributed by atoms with Gasteiger partial charge in [-0.05, 0) is 23.8 Å². The van der Waals surface area contributed by atoms with Crippen molar-refractivity contribution in [2.45, 2.75) is 5.92 Å². The molecular formula is C14H16N2O2. The number of aromatic nitrogens is 1. The molecule has 0 fully saturated rings. The van der Waals surface area contributed by atoms with Gasteiger partial charge < -0.3 is 19.8 Å². The van der Waals surface area contributed by atoms with Crippen LogP contribution in [0.3, 0.4) is 0 Å². The van der Waals surface area contributed by atoms with Crippen molar-refractivity contribution in [2.75, 3.05) is 26.1 Å². The summed E-state index contributed by atoms with van der Waals surface area (Å²) in [5.74, 6) is 3.03. The smallest absolute Gasteiger partial charge is 0.161 e. The number of ether oxygens (including phenoxy) is 2. The minimum Gasteiger partial charge on any atom is -0.493 e. The maximum Gasteiger partial charge on any atom is 0.161 e. The van der Waals surface area contributed by atoms with E-state index in [0.717, 1.165) is 23.9 Å². The van der Waals surface area contributed by atoms with Crippen molar-refractivity contribution >= 4 is 5.82 Å². The van der Waals surface area contributed by atoms with E-state index >= 15 is 0 Å². The first-order valence-corrected chi connectivity index (χ1v) is 5.96. The minimum atomic E-state index is 0.367. The molecule has 1 atom stereocenters. The summed E-state index contributed by atoms with van der Waals surface area (Å²) in [6, 6.07) is 8.22. The van der Waals surface area contributed by atoms with Gasteiger partial charge in [0.25, 0.3) is 0 Å². The van der Waals surface area contributed by atoms with Crippen LogP contribution >= 0.6 is 0 Å². The van der Waals surface area contributed by atoms with Gasteiger partial charge in [-0.15, -0.1) is 0 Å². The van der Waals surface area contributed by atoms with Gasteiger partial charge in [-0.1, -0.05) is 6.07 Å². The van der Waals surface area contributed by atoms with Crippen LogP contribution in [0, 0.1) is 0 Å². The number of nitrogens with one attached hydrogen (secondary N) is 2. The van der Waals surface area contributed by atoms with Crippen molar-refractivity contribution in [3.63, 3.8) is 0 Å². The average Bonchev–Trinajstić information content (AvgIpc) is 3.00. The number of benzene rings is 1. The Kier molecular flexibility index (Phi) is 2.63. The maximum atomic E-state index is 5.35. The first kappa shape index (κ1) is 11.0. The van der Waals surface area contributed by atoms with Crippen LogP contribution in [0.5, 0.6) is 11.5 Å². The van der Waals surface area contributed by atoms with Crippen molar-refractivity contribution in [2.24, 2.45) is 0 Å². The van der Waals surface area contributed by atoms with Gasteiger partial charge in [-0.25, -0.2) is 0 Å². The van der Waals surface area contributed by atoms with E-state index in [2.05, 4.69) is 22.4 Å². The Balaban J connectivity index is 1.99. The van der Waals surface area contributed by atoms with Crippen LogP contribution in [0.4, 0.5) is 5.82 Å². The number of hydrogen-bond acceptors (Lipinski definition) is 3. The maximum absolute atomic E-state index is 5.35. The first-order valence-electron chi connectivity index (χ1n) is 5.96. The highest BCUT2D eigenvalue weighted by Crippen LogP contribution is 2.38. The fraction of sp³-hybridized carbons (Fsp3) is 0.286. The predicted molar refractivity (Wildman–Crippen MR) is 70.7 cm³/mol. The molecule has 1 aromatic heterocycles. The number of aromatic amines is 1. The van der Waals surface area contributed by atoms with E-state index < -0.39 is 0 Å². The molecule has 4 nitrogen and oxygen atoms in total. The first-order chi connectivity index (χ1) is 8.83. The molecule has 94 valence electrons. The quantitative estimate of drug-likeness (QED) is 0.872. The Morgan fingerprint density at radius 2 is 1.94 bits per heavy atom. The Morgan fingerprint density at radius 3 is 2.72 bits per heavy atom. The van der Waals surface area contributed by atoms with Crippen LogP contribution < -0.4 is 14.8 Å². The van der Waals surface area contributed by atoms with Crippen LogP contribution in [0.15, 0.2) is 30.5 Å². The van der Waals surface area contributed by atoms with Crippen molar-refractivity contribution in [1.82, 2.24) is 4.98 Å². The van der Waals surface area contributed by atoms with E-state index in [1.165, 1.54) is 11.1 Å².